The van der Waals surface area contributed by atoms with E-state index in [0.29, 0.717) is 6.04 Å². The highest BCUT2D eigenvalue weighted by molar-refractivity contribution is 6.62. The smallest absolute Gasteiger partial charge is 0.495 e. The number of benzene rings is 1. The average molecular weight is 373 g/mol. The number of nitrogens with zero attached hydrogens (tertiary/aromatic N) is 1. The molecule has 4 nitrogen and oxygen atoms in total. The molecule has 0 aromatic heterocycles. The molecule has 3 rings (SSSR count). The Hall–Kier alpha value is -1.04. The van der Waals surface area contributed by atoms with Gasteiger partial charge in [-0.05, 0) is 76.5 Å². The number of piperidine rings is 1. The van der Waals surface area contributed by atoms with Crippen LogP contribution < -0.4 is 10.2 Å². The number of methoxy groups -OCH3 is 1. The maximum absolute atomic E-state index is 6.34. The summed E-state index contributed by atoms with van der Waals surface area (Å²) >= 11 is 0. The summed E-state index contributed by atoms with van der Waals surface area (Å²) in [6.45, 7) is 15.2. The quantitative estimate of drug-likeness (QED) is 0.730. The van der Waals surface area contributed by atoms with Gasteiger partial charge in [-0.25, -0.2) is 0 Å². The zero-order valence-electron chi connectivity index (χ0n) is 18.2. The third-order valence-electron chi connectivity index (χ3n) is 6.92. The summed E-state index contributed by atoms with van der Waals surface area (Å²) in [5.41, 5.74) is 1.71. The molecule has 0 amide bonds. The molecular formula is C22H36BNO3. The van der Waals surface area contributed by atoms with Crippen LogP contribution in [0.2, 0.25) is 0 Å². The van der Waals surface area contributed by atoms with Crippen molar-refractivity contribution in [2.45, 2.75) is 84.6 Å². The Morgan fingerprint density at radius 2 is 1.81 bits per heavy atom. The van der Waals surface area contributed by atoms with Crippen LogP contribution in [0, 0.1) is 5.92 Å². The van der Waals surface area contributed by atoms with Crippen LogP contribution in [0.15, 0.2) is 18.2 Å². The van der Waals surface area contributed by atoms with Crippen molar-refractivity contribution in [2.75, 3.05) is 13.7 Å². The summed E-state index contributed by atoms with van der Waals surface area (Å²) in [6.07, 6.45) is 3.87. The molecule has 0 bridgehead atoms. The first-order valence-electron chi connectivity index (χ1n) is 10.4. The second-order valence-electron chi connectivity index (χ2n) is 9.28. The Morgan fingerprint density at radius 1 is 1.15 bits per heavy atom. The fourth-order valence-corrected chi connectivity index (χ4v) is 4.08. The van der Waals surface area contributed by atoms with Crippen molar-refractivity contribution in [1.29, 1.82) is 0 Å². The van der Waals surface area contributed by atoms with E-state index in [4.69, 9.17) is 14.0 Å². The predicted molar refractivity (Wildman–Crippen MR) is 112 cm³/mol. The second kappa shape index (κ2) is 7.77. The predicted octanol–water partition coefficient (Wildman–Crippen LogP) is 4.00. The van der Waals surface area contributed by atoms with Gasteiger partial charge in [0.05, 0.1) is 18.3 Å². The summed E-state index contributed by atoms with van der Waals surface area (Å²) in [7, 11) is 1.39. The highest BCUT2D eigenvalue weighted by Gasteiger charge is 2.52. The van der Waals surface area contributed by atoms with E-state index in [1.807, 2.05) is 6.07 Å². The largest absolute Gasteiger partial charge is 0.497 e. The second-order valence-corrected chi connectivity index (χ2v) is 9.28. The molecule has 1 aromatic carbocycles. The lowest BCUT2D eigenvalue weighted by molar-refractivity contribution is 0.00578. The maximum atomic E-state index is 6.34. The molecule has 2 aliphatic heterocycles. The summed E-state index contributed by atoms with van der Waals surface area (Å²) < 4.78 is 18.2. The number of likely N-dealkylation sites (tertiary alicyclic amines) is 1. The average Bonchev–Trinajstić information content (AvgIpc) is 2.84. The molecule has 150 valence electrons. The van der Waals surface area contributed by atoms with Crippen LogP contribution in [0.4, 0.5) is 0 Å². The normalized spacial score (nSPS) is 27.7. The zero-order chi connectivity index (χ0) is 19.8. The van der Waals surface area contributed by atoms with Gasteiger partial charge >= 0.3 is 7.12 Å². The Morgan fingerprint density at radius 3 is 2.41 bits per heavy atom. The van der Waals surface area contributed by atoms with Gasteiger partial charge in [-0.3, -0.25) is 4.90 Å². The fourth-order valence-electron chi connectivity index (χ4n) is 4.08. The van der Waals surface area contributed by atoms with Crippen molar-refractivity contribution in [2.24, 2.45) is 5.92 Å². The van der Waals surface area contributed by atoms with E-state index in [0.717, 1.165) is 30.2 Å². The topological polar surface area (TPSA) is 30.9 Å². The van der Waals surface area contributed by atoms with Crippen molar-refractivity contribution in [3.8, 4) is 5.75 Å². The van der Waals surface area contributed by atoms with E-state index in [-0.39, 0.29) is 18.3 Å². The lowest BCUT2D eigenvalue weighted by Crippen LogP contribution is -2.44. The molecule has 2 atom stereocenters. The zero-order valence-corrected chi connectivity index (χ0v) is 18.2. The molecule has 0 radical (unpaired) electrons. The van der Waals surface area contributed by atoms with Crippen LogP contribution in [0.1, 0.15) is 66.4 Å². The van der Waals surface area contributed by atoms with Gasteiger partial charge in [0, 0.05) is 19.1 Å². The van der Waals surface area contributed by atoms with Crippen LogP contribution in [-0.2, 0) is 15.9 Å². The first-order chi connectivity index (χ1) is 12.7. The minimum atomic E-state index is -0.335. The summed E-state index contributed by atoms with van der Waals surface area (Å²) in [4.78, 5) is 2.61. The van der Waals surface area contributed by atoms with E-state index in [1.54, 1.807) is 7.11 Å². The van der Waals surface area contributed by atoms with Crippen LogP contribution in [0.5, 0.6) is 5.75 Å². The van der Waals surface area contributed by atoms with E-state index in [2.05, 4.69) is 58.6 Å². The number of rotatable bonds is 5. The van der Waals surface area contributed by atoms with E-state index >= 15 is 0 Å². The number of hydrogen-bond acceptors (Lipinski definition) is 4. The van der Waals surface area contributed by atoms with Crippen LogP contribution in [-0.4, -0.2) is 42.9 Å². The monoisotopic (exact) mass is 373 g/mol. The van der Waals surface area contributed by atoms with Crippen molar-refractivity contribution < 1.29 is 14.0 Å². The first kappa shape index (κ1) is 20.7. The van der Waals surface area contributed by atoms with Gasteiger partial charge in [0.25, 0.3) is 0 Å². The molecule has 2 unspecified atom stereocenters. The third-order valence-corrected chi connectivity index (χ3v) is 6.92. The standard InChI is InChI=1S/C22H36BNO3/c1-8-17-10-9-16(2)24(14-17)15-18-13-19(25-7)11-12-20(18)23-26-21(3,4)22(5,6)27-23/h11-13,16-17H,8-10,14-15H2,1-7H3. The van der Waals surface area contributed by atoms with Crippen molar-refractivity contribution in [1.82, 2.24) is 4.90 Å². The molecule has 0 spiro atoms. The van der Waals surface area contributed by atoms with Crippen LogP contribution >= 0.6 is 0 Å². The highest BCUT2D eigenvalue weighted by atomic mass is 16.7. The molecular weight excluding hydrogens is 337 g/mol. The highest BCUT2D eigenvalue weighted by Crippen LogP contribution is 2.37. The molecule has 2 saturated heterocycles. The Balaban J connectivity index is 1.88. The van der Waals surface area contributed by atoms with Crippen molar-refractivity contribution >= 4 is 12.6 Å². The first-order valence-corrected chi connectivity index (χ1v) is 10.4. The Kier molecular flexibility index (Phi) is 5.95. The minimum Gasteiger partial charge on any atom is -0.497 e. The van der Waals surface area contributed by atoms with Crippen molar-refractivity contribution in [3.05, 3.63) is 23.8 Å². The summed E-state index contributed by atoms with van der Waals surface area (Å²) in [6, 6.07) is 6.88. The molecule has 2 fully saturated rings. The molecule has 5 heteroatoms. The van der Waals surface area contributed by atoms with Gasteiger partial charge < -0.3 is 14.0 Å². The number of hydrogen-bond donors (Lipinski definition) is 0. The molecule has 2 aliphatic rings. The molecule has 0 saturated carbocycles. The molecule has 2 heterocycles. The number of ether oxygens (including phenoxy) is 1. The van der Waals surface area contributed by atoms with Gasteiger partial charge in [-0.1, -0.05) is 19.4 Å². The van der Waals surface area contributed by atoms with E-state index < -0.39 is 0 Å². The molecule has 0 N–H and O–H groups in total. The van der Waals surface area contributed by atoms with Crippen LogP contribution in [0.25, 0.3) is 0 Å². The maximum Gasteiger partial charge on any atom is 0.495 e. The van der Waals surface area contributed by atoms with Gasteiger partial charge in [-0.2, -0.15) is 0 Å². The third kappa shape index (κ3) is 4.20. The lowest BCUT2D eigenvalue weighted by Gasteiger charge is -2.38. The minimum absolute atomic E-state index is 0.333. The van der Waals surface area contributed by atoms with E-state index in [1.165, 1.54) is 24.8 Å². The Bertz CT molecular complexity index is 645. The SMILES string of the molecule is CCC1CCC(C)N(Cc2cc(OC)ccc2B2OC(C)(C)C(C)(C)O2)C1. The lowest BCUT2D eigenvalue weighted by atomic mass is 9.75. The van der Waals surface area contributed by atoms with Gasteiger partial charge in [0.1, 0.15) is 5.75 Å². The van der Waals surface area contributed by atoms with Crippen LogP contribution in [0.3, 0.4) is 0 Å². The fraction of sp³-hybridized carbons (Fsp3) is 0.727. The van der Waals surface area contributed by atoms with Gasteiger partial charge in [0.2, 0.25) is 0 Å². The summed E-state index contributed by atoms with van der Waals surface area (Å²) in [5.74, 6) is 1.69. The molecule has 0 aliphatic carbocycles. The molecule has 27 heavy (non-hydrogen) atoms. The van der Waals surface area contributed by atoms with Crippen molar-refractivity contribution in [3.63, 3.8) is 0 Å². The van der Waals surface area contributed by atoms with Gasteiger partial charge in [-0.15, -0.1) is 0 Å². The molecule has 1 aromatic rings. The summed E-state index contributed by atoms with van der Waals surface area (Å²) in [5, 5.41) is 0. The van der Waals surface area contributed by atoms with Gasteiger partial charge in [0.15, 0.2) is 0 Å². The van der Waals surface area contributed by atoms with E-state index in [9.17, 15) is 0 Å². The Labute approximate surface area is 165 Å².